The number of furan rings is 1. The van der Waals surface area contributed by atoms with Gasteiger partial charge in [-0.25, -0.2) is 5.48 Å². The number of rotatable bonds is 7. The molecule has 0 atom stereocenters. The SMILES string of the molecule is O=C(/C=C/c1ccc(C(=O)CN=Cc2ccc(-c3cccc(Cl)c3)o2)cc1)NO. The quantitative estimate of drug-likeness (QED) is 0.199. The summed E-state index contributed by atoms with van der Waals surface area (Å²) in [4.78, 5) is 27.4. The van der Waals surface area contributed by atoms with Gasteiger partial charge < -0.3 is 4.42 Å². The molecule has 7 heteroatoms. The number of hydrogen-bond donors (Lipinski definition) is 2. The number of halogens is 1. The second-order valence-corrected chi connectivity index (χ2v) is 6.47. The van der Waals surface area contributed by atoms with Gasteiger partial charge >= 0.3 is 0 Å². The molecule has 2 aromatic carbocycles. The topological polar surface area (TPSA) is 91.9 Å². The van der Waals surface area contributed by atoms with E-state index in [0.29, 0.717) is 22.1 Å². The van der Waals surface area contributed by atoms with Crippen LogP contribution in [-0.4, -0.2) is 29.7 Å². The van der Waals surface area contributed by atoms with Crippen molar-refractivity contribution in [3.05, 3.63) is 88.6 Å². The molecule has 0 saturated heterocycles. The van der Waals surface area contributed by atoms with Gasteiger partial charge in [0.15, 0.2) is 5.78 Å². The van der Waals surface area contributed by atoms with Crippen molar-refractivity contribution in [3.63, 3.8) is 0 Å². The molecule has 0 fully saturated rings. The third kappa shape index (κ3) is 5.75. The van der Waals surface area contributed by atoms with E-state index in [9.17, 15) is 9.59 Å². The molecule has 2 N–H and O–H groups in total. The van der Waals surface area contributed by atoms with Crippen LogP contribution >= 0.6 is 11.6 Å². The van der Waals surface area contributed by atoms with Crippen LogP contribution in [0.1, 0.15) is 21.7 Å². The van der Waals surface area contributed by atoms with Crippen LogP contribution in [0.4, 0.5) is 0 Å². The summed E-state index contributed by atoms with van der Waals surface area (Å²) in [7, 11) is 0. The van der Waals surface area contributed by atoms with Crippen LogP contribution in [0.25, 0.3) is 17.4 Å². The van der Waals surface area contributed by atoms with Gasteiger partial charge in [0, 0.05) is 22.2 Å². The smallest absolute Gasteiger partial charge is 0.267 e. The number of ketones is 1. The molecule has 0 radical (unpaired) electrons. The Kier molecular flexibility index (Phi) is 6.73. The molecule has 6 nitrogen and oxygen atoms in total. The first-order chi connectivity index (χ1) is 14.0. The van der Waals surface area contributed by atoms with E-state index >= 15 is 0 Å². The number of amides is 1. The van der Waals surface area contributed by atoms with Crippen molar-refractivity contribution >= 4 is 35.6 Å². The lowest BCUT2D eigenvalue weighted by atomic mass is 10.1. The Bertz CT molecular complexity index is 1070. The molecule has 1 heterocycles. The van der Waals surface area contributed by atoms with Crippen LogP contribution in [0, 0.1) is 0 Å². The lowest BCUT2D eigenvalue weighted by Crippen LogP contribution is -2.14. The van der Waals surface area contributed by atoms with Gasteiger partial charge in [-0.3, -0.25) is 19.8 Å². The number of aliphatic imine (C=N–C) groups is 1. The summed E-state index contributed by atoms with van der Waals surface area (Å²) in [5.41, 5.74) is 3.59. The normalized spacial score (nSPS) is 11.2. The van der Waals surface area contributed by atoms with Crippen molar-refractivity contribution in [3.8, 4) is 11.3 Å². The van der Waals surface area contributed by atoms with Gasteiger partial charge in [-0.15, -0.1) is 0 Å². The van der Waals surface area contributed by atoms with Crippen molar-refractivity contribution in [2.75, 3.05) is 6.54 Å². The van der Waals surface area contributed by atoms with Crippen molar-refractivity contribution < 1.29 is 19.2 Å². The number of Topliss-reactive ketones (excluding diaryl/α,β-unsaturated/α-hetero) is 1. The van der Waals surface area contributed by atoms with E-state index in [1.165, 1.54) is 23.8 Å². The molecule has 0 spiro atoms. The van der Waals surface area contributed by atoms with Crippen LogP contribution in [0.15, 0.2) is 76.1 Å². The average molecular weight is 409 g/mol. The van der Waals surface area contributed by atoms with Crippen molar-refractivity contribution in [1.82, 2.24) is 5.48 Å². The Morgan fingerprint density at radius 2 is 1.90 bits per heavy atom. The molecule has 1 amide bonds. The molecule has 146 valence electrons. The Morgan fingerprint density at radius 1 is 1.10 bits per heavy atom. The largest absolute Gasteiger partial charge is 0.455 e. The minimum atomic E-state index is -0.629. The monoisotopic (exact) mass is 408 g/mol. The fraction of sp³-hybridized carbons (Fsp3) is 0.0455. The minimum Gasteiger partial charge on any atom is -0.455 e. The molecule has 3 aromatic rings. The summed E-state index contributed by atoms with van der Waals surface area (Å²) in [6.45, 7) is -0.0185. The first-order valence-electron chi connectivity index (χ1n) is 8.66. The number of hydrogen-bond acceptors (Lipinski definition) is 5. The van der Waals surface area contributed by atoms with E-state index in [1.54, 1.807) is 42.5 Å². The van der Waals surface area contributed by atoms with E-state index in [4.69, 9.17) is 21.2 Å². The molecule has 0 saturated carbocycles. The lowest BCUT2D eigenvalue weighted by Gasteiger charge is -1.99. The van der Waals surface area contributed by atoms with E-state index in [0.717, 1.165) is 11.1 Å². The summed E-state index contributed by atoms with van der Waals surface area (Å²) >= 11 is 5.99. The Hall–Kier alpha value is -3.48. The molecular formula is C22H17ClN2O4. The molecular weight excluding hydrogens is 392 g/mol. The summed E-state index contributed by atoms with van der Waals surface area (Å²) in [5.74, 6) is 0.427. The third-order valence-corrected chi connectivity index (χ3v) is 4.19. The Balaban J connectivity index is 1.58. The average Bonchev–Trinajstić information content (AvgIpc) is 3.21. The Labute approximate surface area is 172 Å². The maximum Gasteiger partial charge on any atom is 0.267 e. The molecule has 0 aliphatic heterocycles. The molecule has 0 unspecified atom stereocenters. The van der Waals surface area contributed by atoms with E-state index in [2.05, 4.69) is 4.99 Å². The minimum absolute atomic E-state index is 0.0185. The highest BCUT2D eigenvalue weighted by Gasteiger charge is 2.06. The van der Waals surface area contributed by atoms with Crippen LogP contribution in [-0.2, 0) is 4.79 Å². The van der Waals surface area contributed by atoms with Gasteiger partial charge in [0.05, 0.1) is 6.21 Å². The third-order valence-electron chi connectivity index (χ3n) is 3.96. The highest BCUT2D eigenvalue weighted by molar-refractivity contribution is 6.30. The maximum absolute atomic E-state index is 12.2. The molecule has 0 bridgehead atoms. The van der Waals surface area contributed by atoms with Crippen molar-refractivity contribution in [2.45, 2.75) is 0 Å². The number of nitrogens with one attached hydrogen (secondary N) is 1. The van der Waals surface area contributed by atoms with Crippen LogP contribution in [0.3, 0.4) is 0 Å². The van der Waals surface area contributed by atoms with Crippen LogP contribution < -0.4 is 5.48 Å². The first-order valence-corrected chi connectivity index (χ1v) is 9.04. The molecule has 29 heavy (non-hydrogen) atoms. The zero-order chi connectivity index (χ0) is 20.6. The standard InChI is InChI=1S/C22H17ClN2O4/c23-18-3-1-2-17(12-18)21-10-9-19(29-21)13-24-14-20(26)16-7-4-15(5-8-16)6-11-22(27)25-28/h1-13,28H,14H2,(H,25,27)/b11-6+,24-13?. The maximum atomic E-state index is 12.2. The summed E-state index contributed by atoms with van der Waals surface area (Å²) in [6, 6.07) is 17.6. The fourth-order valence-corrected chi connectivity index (χ4v) is 2.71. The number of nitrogens with zero attached hydrogens (tertiary/aromatic N) is 1. The number of benzene rings is 2. The van der Waals surface area contributed by atoms with Gasteiger partial charge in [-0.05, 0) is 35.9 Å². The number of carbonyl (C=O) groups is 2. The zero-order valence-electron chi connectivity index (χ0n) is 15.2. The second-order valence-electron chi connectivity index (χ2n) is 6.04. The van der Waals surface area contributed by atoms with E-state index in [1.807, 2.05) is 18.2 Å². The molecule has 1 aromatic heterocycles. The predicted octanol–water partition coefficient (Wildman–Crippen LogP) is 4.42. The van der Waals surface area contributed by atoms with Gasteiger partial charge in [0.1, 0.15) is 18.1 Å². The highest BCUT2D eigenvalue weighted by atomic mass is 35.5. The molecule has 0 aliphatic rings. The summed E-state index contributed by atoms with van der Waals surface area (Å²) in [5, 5.41) is 9.07. The van der Waals surface area contributed by atoms with Crippen molar-refractivity contribution in [1.29, 1.82) is 0 Å². The van der Waals surface area contributed by atoms with Gasteiger partial charge in [0.2, 0.25) is 0 Å². The molecule has 3 rings (SSSR count). The van der Waals surface area contributed by atoms with Crippen LogP contribution in [0.5, 0.6) is 0 Å². The van der Waals surface area contributed by atoms with E-state index in [-0.39, 0.29) is 12.3 Å². The van der Waals surface area contributed by atoms with Gasteiger partial charge in [-0.1, -0.05) is 48.0 Å². The van der Waals surface area contributed by atoms with Crippen LogP contribution in [0.2, 0.25) is 5.02 Å². The van der Waals surface area contributed by atoms with Gasteiger partial charge in [0.25, 0.3) is 5.91 Å². The second kappa shape index (κ2) is 9.64. The van der Waals surface area contributed by atoms with Crippen molar-refractivity contribution in [2.24, 2.45) is 4.99 Å². The lowest BCUT2D eigenvalue weighted by molar-refractivity contribution is -0.124. The summed E-state index contributed by atoms with van der Waals surface area (Å²) in [6.07, 6.45) is 4.21. The zero-order valence-corrected chi connectivity index (χ0v) is 16.0. The first kappa shape index (κ1) is 20.3. The fourth-order valence-electron chi connectivity index (χ4n) is 2.52. The van der Waals surface area contributed by atoms with Gasteiger partial charge in [-0.2, -0.15) is 0 Å². The Morgan fingerprint density at radius 3 is 2.62 bits per heavy atom. The molecule has 0 aliphatic carbocycles. The predicted molar refractivity (Wildman–Crippen MR) is 111 cm³/mol. The summed E-state index contributed by atoms with van der Waals surface area (Å²) < 4.78 is 5.71. The highest BCUT2D eigenvalue weighted by Crippen LogP contribution is 2.24. The van der Waals surface area contributed by atoms with E-state index < -0.39 is 5.91 Å². The number of carbonyl (C=O) groups excluding carboxylic acids is 2. The number of hydroxylamine groups is 1.